The zero-order valence-electron chi connectivity index (χ0n) is 16.4. The molecule has 0 saturated carbocycles. The summed E-state index contributed by atoms with van der Waals surface area (Å²) in [5, 5.41) is 2.89. The smallest absolute Gasteiger partial charge is 0.221 e. The Balaban J connectivity index is 1.34. The average Bonchev–Trinajstić information content (AvgIpc) is 3.19. The molecule has 2 heterocycles. The van der Waals surface area contributed by atoms with Crippen LogP contribution in [0, 0.1) is 11.7 Å². The van der Waals surface area contributed by atoms with Crippen LogP contribution in [0.2, 0.25) is 0 Å². The van der Waals surface area contributed by atoms with Crippen molar-refractivity contribution in [3.63, 3.8) is 0 Å². The lowest BCUT2D eigenvalue weighted by Crippen LogP contribution is -2.42. The van der Waals surface area contributed by atoms with Crippen LogP contribution >= 0.6 is 0 Å². The van der Waals surface area contributed by atoms with Crippen molar-refractivity contribution in [2.75, 3.05) is 26.2 Å². The Morgan fingerprint density at radius 3 is 2.97 bits per heavy atom. The maximum atomic E-state index is 13.8. The molecule has 2 aromatic rings. The van der Waals surface area contributed by atoms with Crippen molar-refractivity contribution in [3.05, 3.63) is 42.2 Å². The fourth-order valence-corrected chi connectivity index (χ4v) is 3.54. The number of nitrogens with two attached hydrogens (primary N) is 1. The molecule has 0 radical (unpaired) electrons. The van der Waals surface area contributed by atoms with Crippen LogP contribution in [0.4, 0.5) is 4.39 Å². The number of benzene rings is 1. The van der Waals surface area contributed by atoms with Crippen molar-refractivity contribution in [3.8, 4) is 11.3 Å². The lowest BCUT2D eigenvalue weighted by molar-refractivity contribution is -0.123. The first-order chi connectivity index (χ1) is 14.0. The third-order valence-electron chi connectivity index (χ3n) is 5.14. The highest BCUT2D eigenvalue weighted by atomic mass is 19.1. The van der Waals surface area contributed by atoms with Gasteiger partial charge < -0.3 is 20.4 Å². The molecule has 1 aliphatic rings. The molecule has 1 aromatic carbocycles. The second-order valence-electron chi connectivity index (χ2n) is 7.34. The van der Waals surface area contributed by atoms with E-state index < -0.39 is 0 Å². The van der Waals surface area contributed by atoms with Gasteiger partial charge in [0.1, 0.15) is 5.82 Å². The second kappa shape index (κ2) is 10.2. The second-order valence-corrected chi connectivity index (χ2v) is 7.34. The van der Waals surface area contributed by atoms with E-state index in [4.69, 9.17) is 10.2 Å². The van der Waals surface area contributed by atoms with E-state index >= 15 is 0 Å². The van der Waals surface area contributed by atoms with Crippen LogP contribution in [-0.2, 0) is 16.0 Å². The molecular formula is C21H27FN4O3. The third-order valence-corrected chi connectivity index (χ3v) is 5.14. The van der Waals surface area contributed by atoms with Gasteiger partial charge in [0, 0.05) is 25.9 Å². The molecule has 0 spiro atoms. The largest absolute Gasteiger partial charge is 0.441 e. The summed E-state index contributed by atoms with van der Waals surface area (Å²) in [6.45, 7) is 3.07. The Morgan fingerprint density at radius 2 is 2.17 bits per heavy atom. The summed E-state index contributed by atoms with van der Waals surface area (Å²) in [6, 6.07) is 6.33. The summed E-state index contributed by atoms with van der Waals surface area (Å²) in [5.41, 5.74) is 5.75. The molecule has 3 rings (SSSR count). The summed E-state index contributed by atoms with van der Waals surface area (Å²) in [7, 11) is 0. The standard InChI is InChI=1S/C21H27FN4O3/c22-17-7-2-1-6-16(17)18-13-25-20(29-18)9-8-19(27)24-10-4-12-26-11-3-5-15(14-26)21(23)28/h1-2,6-7,13,15H,3-5,8-12,14H2,(H2,23,28)(H,24,27). The molecule has 1 saturated heterocycles. The number of oxazole rings is 1. The molecular weight excluding hydrogens is 375 g/mol. The highest BCUT2D eigenvalue weighted by Crippen LogP contribution is 2.23. The van der Waals surface area contributed by atoms with Gasteiger partial charge in [0.15, 0.2) is 11.7 Å². The highest BCUT2D eigenvalue weighted by Gasteiger charge is 2.23. The van der Waals surface area contributed by atoms with E-state index in [1.54, 1.807) is 18.2 Å². The summed E-state index contributed by atoms with van der Waals surface area (Å²) in [4.78, 5) is 29.7. The Labute approximate surface area is 169 Å². The van der Waals surface area contributed by atoms with Gasteiger partial charge in [-0.15, -0.1) is 0 Å². The van der Waals surface area contributed by atoms with Gasteiger partial charge in [0.25, 0.3) is 0 Å². The molecule has 1 aromatic heterocycles. The zero-order valence-corrected chi connectivity index (χ0v) is 16.4. The summed E-state index contributed by atoms with van der Waals surface area (Å²) in [5.74, 6) is 0.0210. The van der Waals surface area contributed by atoms with Crippen LogP contribution in [0.5, 0.6) is 0 Å². The Hall–Kier alpha value is -2.74. The van der Waals surface area contributed by atoms with Gasteiger partial charge in [-0.25, -0.2) is 9.37 Å². The molecule has 0 aliphatic carbocycles. The SMILES string of the molecule is NC(=O)C1CCCN(CCCNC(=O)CCc2ncc(-c3ccccc3F)o2)C1. The number of carbonyl (C=O) groups is 2. The number of nitrogens with one attached hydrogen (secondary N) is 1. The minimum atomic E-state index is -0.371. The number of aryl methyl sites for hydroxylation is 1. The van der Waals surface area contributed by atoms with Crippen molar-refractivity contribution in [2.45, 2.75) is 32.1 Å². The summed E-state index contributed by atoms with van der Waals surface area (Å²) < 4.78 is 19.3. The third kappa shape index (κ3) is 6.12. The quantitative estimate of drug-likeness (QED) is 0.626. The van der Waals surface area contributed by atoms with Crippen molar-refractivity contribution < 1.29 is 18.4 Å². The average molecular weight is 402 g/mol. The lowest BCUT2D eigenvalue weighted by Gasteiger charge is -2.31. The van der Waals surface area contributed by atoms with Crippen LogP contribution in [0.1, 0.15) is 31.6 Å². The normalized spacial score (nSPS) is 17.2. The fraction of sp³-hybridized carbons (Fsp3) is 0.476. The predicted molar refractivity (Wildman–Crippen MR) is 106 cm³/mol. The van der Waals surface area contributed by atoms with E-state index in [-0.39, 0.29) is 30.0 Å². The van der Waals surface area contributed by atoms with E-state index in [0.717, 1.165) is 32.4 Å². The van der Waals surface area contributed by atoms with Crippen molar-refractivity contribution in [2.24, 2.45) is 11.7 Å². The number of piperidine rings is 1. The molecule has 156 valence electrons. The molecule has 7 nitrogen and oxygen atoms in total. The summed E-state index contributed by atoms with van der Waals surface area (Å²) in [6.07, 6.45) is 4.74. The first kappa shape index (κ1) is 21.0. The number of primary amides is 1. The molecule has 1 unspecified atom stereocenters. The topological polar surface area (TPSA) is 101 Å². The summed E-state index contributed by atoms with van der Waals surface area (Å²) >= 11 is 0. The maximum Gasteiger partial charge on any atom is 0.221 e. The van der Waals surface area contributed by atoms with E-state index in [0.29, 0.717) is 36.7 Å². The van der Waals surface area contributed by atoms with Crippen LogP contribution in [0.25, 0.3) is 11.3 Å². The van der Waals surface area contributed by atoms with E-state index in [1.807, 2.05) is 0 Å². The number of likely N-dealkylation sites (tertiary alicyclic amines) is 1. The fourth-order valence-electron chi connectivity index (χ4n) is 3.54. The van der Waals surface area contributed by atoms with Gasteiger partial charge in [-0.2, -0.15) is 0 Å². The number of halogens is 1. The molecule has 2 amide bonds. The van der Waals surface area contributed by atoms with Crippen molar-refractivity contribution in [1.29, 1.82) is 0 Å². The van der Waals surface area contributed by atoms with Gasteiger partial charge in [0.05, 0.1) is 17.7 Å². The number of hydrogen-bond acceptors (Lipinski definition) is 5. The first-order valence-electron chi connectivity index (χ1n) is 10.0. The van der Waals surface area contributed by atoms with Crippen LogP contribution in [-0.4, -0.2) is 47.9 Å². The van der Waals surface area contributed by atoms with E-state index in [1.165, 1.54) is 12.3 Å². The lowest BCUT2D eigenvalue weighted by atomic mass is 9.97. The zero-order chi connectivity index (χ0) is 20.6. The first-order valence-corrected chi connectivity index (χ1v) is 10.0. The number of hydrogen-bond donors (Lipinski definition) is 2. The van der Waals surface area contributed by atoms with Crippen LogP contribution in [0.15, 0.2) is 34.9 Å². The Kier molecular flexibility index (Phi) is 7.35. The number of rotatable bonds is 9. The molecule has 1 aliphatic heterocycles. The van der Waals surface area contributed by atoms with E-state index in [9.17, 15) is 14.0 Å². The molecule has 29 heavy (non-hydrogen) atoms. The molecule has 0 bridgehead atoms. The Bertz CT molecular complexity index is 839. The number of nitrogens with zero attached hydrogens (tertiary/aromatic N) is 2. The van der Waals surface area contributed by atoms with Crippen molar-refractivity contribution >= 4 is 11.8 Å². The molecule has 1 fully saturated rings. The predicted octanol–water partition coefficient (Wildman–Crippen LogP) is 2.12. The number of aromatic nitrogens is 1. The van der Waals surface area contributed by atoms with Gasteiger partial charge >= 0.3 is 0 Å². The number of amides is 2. The van der Waals surface area contributed by atoms with Crippen molar-refractivity contribution in [1.82, 2.24) is 15.2 Å². The van der Waals surface area contributed by atoms with Crippen LogP contribution in [0.3, 0.4) is 0 Å². The van der Waals surface area contributed by atoms with Crippen LogP contribution < -0.4 is 11.1 Å². The molecule has 3 N–H and O–H groups in total. The molecule has 1 atom stereocenters. The van der Waals surface area contributed by atoms with Gasteiger partial charge in [-0.3, -0.25) is 9.59 Å². The number of carbonyl (C=O) groups excluding carboxylic acids is 2. The molecule has 8 heteroatoms. The van der Waals surface area contributed by atoms with Gasteiger partial charge in [-0.05, 0) is 44.5 Å². The van der Waals surface area contributed by atoms with E-state index in [2.05, 4.69) is 15.2 Å². The monoisotopic (exact) mass is 402 g/mol. The van der Waals surface area contributed by atoms with Gasteiger partial charge in [0.2, 0.25) is 11.8 Å². The highest BCUT2D eigenvalue weighted by molar-refractivity contribution is 5.77. The maximum absolute atomic E-state index is 13.8. The minimum Gasteiger partial charge on any atom is -0.441 e. The van der Waals surface area contributed by atoms with Gasteiger partial charge in [-0.1, -0.05) is 12.1 Å². The Morgan fingerprint density at radius 1 is 1.34 bits per heavy atom. The minimum absolute atomic E-state index is 0.0617.